The minimum atomic E-state index is -1.52. The lowest BCUT2D eigenvalue weighted by atomic mass is 10.1. The summed E-state index contributed by atoms with van der Waals surface area (Å²) >= 11 is 0. The molecule has 0 radical (unpaired) electrons. The summed E-state index contributed by atoms with van der Waals surface area (Å²) < 4.78 is 37.6. The molecule has 0 fully saturated rings. The van der Waals surface area contributed by atoms with Gasteiger partial charge in [0.15, 0.2) is 17.5 Å². The van der Waals surface area contributed by atoms with Crippen LogP contribution >= 0.6 is 0 Å². The predicted molar refractivity (Wildman–Crippen MR) is 42.1 cm³/mol. The molecule has 0 bridgehead atoms. The Hall–Kier alpha value is -1.47. The van der Waals surface area contributed by atoms with Crippen molar-refractivity contribution < 1.29 is 13.2 Å². The van der Waals surface area contributed by atoms with Crippen molar-refractivity contribution in [1.29, 1.82) is 0 Å². The number of benzene rings is 1. The van der Waals surface area contributed by atoms with E-state index >= 15 is 0 Å². The van der Waals surface area contributed by atoms with Crippen molar-refractivity contribution >= 4 is 0 Å². The summed E-state index contributed by atoms with van der Waals surface area (Å²) in [7, 11) is 0. The molecule has 1 atom stereocenters. The minimum absolute atomic E-state index is 0.0406. The largest absolute Gasteiger partial charge is 0.314 e. The van der Waals surface area contributed by atoms with Crippen LogP contribution in [0.1, 0.15) is 11.6 Å². The zero-order chi connectivity index (χ0) is 10.0. The van der Waals surface area contributed by atoms with Gasteiger partial charge in [-0.05, 0) is 17.7 Å². The van der Waals surface area contributed by atoms with E-state index in [9.17, 15) is 13.2 Å². The van der Waals surface area contributed by atoms with Gasteiger partial charge in [-0.25, -0.2) is 13.2 Å². The number of hydrogen-bond acceptors (Lipinski definition) is 1. The van der Waals surface area contributed by atoms with Gasteiger partial charge < -0.3 is 5.73 Å². The van der Waals surface area contributed by atoms with Crippen LogP contribution in [0.15, 0.2) is 12.1 Å². The third kappa shape index (κ3) is 1.82. The van der Waals surface area contributed by atoms with Gasteiger partial charge in [-0.1, -0.05) is 5.92 Å². The van der Waals surface area contributed by atoms with Crippen molar-refractivity contribution in [3.05, 3.63) is 35.1 Å². The van der Waals surface area contributed by atoms with Gasteiger partial charge in [0.1, 0.15) is 0 Å². The quantitative estimate of drug-likeness (QED) is 0.523. The molecule has 0 aliphatic heterocycles. The van der Waals surface area contributed by atoms with Crippen molar-refractivity contribution in [1.82, 2.24) is 0 Å². The first-order valence-electron chi connectivity index (χ1n) is 3.42. The Balaban J connectivity index is 3.22. The number of hydrogen-bond donors (Lipinski definition) is 1. The van der Waals surface area contributed by atoms with Crippen LogP contribution in [0.4, 0.5) is 13.2 Å². The van der Waals surface area contributed by atoms with Crippen LogP contribution in [-0.4, -0.2) is 0 Å². The molecule has 0 saturated carbocycles. The first-order valence-corrected chi connectivity index (χ1v) is 3.42. The number of halogens is 3. The van der Waals surface area contributed by atoms with Crippen LogP contribution in [-0.2, 0) is 0 Å². The second kappa shape index (κ2) is 3.50. The average molecular weight is 185 g/mol. The molecule has 0 aliphatic carbocycles. The van der Waals surface area contributed by atoms with Crippen molar-refractivity contribution in [3.63, 3.8) is 0 Å². The molecule has 0 spiro atoms. The van der Waals surface area contributed by atoms with E-state index in [-0.39, 0.29) is 5.56 Å². The van der Waals surface area contributed by atoms with Gasteiger partial charge in [0, 0.05) is 0 Å². The topological polar surface area (TPSA) is 26.0 Å². The third-order valence-corrected chi connectivity index (χ3v) is 1.54. The van der Waals surface area contributed by atoms with Gasteiger partial charge in [0.25, 0.3) is 0 Å². The van der Waals surface area contributed by atoms with Gasteiger partial charge in [0.05, 0.1) is 6.04 Å². The molecular weight excluding hydrogens is 179 g/mol. The Morgan fingerprint density at radius 2 is 1.69 bits per heavy atom. The molecule has 2 N–H and O–H groups in total. The second-order valence-corrected chi connectivity index (χ2v) is 2.44. The van der Waals surface area contributed by atoms with E-state index in [4.69, 9.17) is 12.2 Å². The van der Waals surface area contributed by atoms with Gasteiger partial charge in [0.2, 0.25) is 0 Å². The highest BCUT2D eigenvalue weighted by molar-refractivity contribution is 5.27. The standard InChI is InChI=1S/C9H6F3N/c1-2-8(13)5-3-6(10)9(12)7(11)4-5/h1,3-4,8H,13H2. The molecule has 13 heavy (non-hydrogen) atoms. The molecule has 4 heteroatoms. The Kier molecular flexibility index (Phi) is 2.59. The van der Waals surface area contributed by atoms with E-state index < -0.39 is 23.5 Å². The van der Waals surface area contributed by atoms with E-state index in [0.29, 0.717) is 0 Å². The highest BCUT2D eigenvalue weighted by atomic mass is 19.2. The van der Waals surface area contributed by atoms with E-state index in [0.717, 1.165) is 12.1 Å². The SMILES string of the molecule is C#CC(N)c1cc(F)c(F)c(F)c1. The van der Waals surface area contributed by atoms with Gasteiger partial charge in [-0.3, -0.25) is 0 Å². The maximum Gasteiger partial charge on any atom is 0.194 e. The normalized spacial score (nSPS) is 12.2. The van der Waals surface area contributed by atoms with Gasteiger partial charge >= 0.3 is 0 Å². The fourth-order valence-electron chi connectivity index (χ4n) is 0.851. The molecular formula is C9H6F3N. The molecule has 1 unspecified atom stereocenters. The Bertz CT molecular complexity index is 345. The van der Waals surface area contributed by atoms with E-state index in [1.54, 1.807) is 0 Å². The number of terminal acetylenes is 1. The highest BCUT2D eigenvalue weighted by Gasteiger charge is 2.12. The summed E-state index contributed by atoms with van der Waals surface area (Å²) in [4.78, 5) is 0. The van der Waals surface area contributed by atoms with E-state index in [1.165, 1.54) is 0 Å². The summed E-state index contributed by atoms with van der Waals surface area (Å²) in [5, 5.41) is 0. The highest BCUT2D eigenvalue weighted by Crippen LogP contribution is 2.17. The molecule has 68 valence electrons. The first kappa shape index (κ1) is 9.62. The van der Waals surface area contributed by atoms with Crippen LogP contribution in [0, 0.1) is 29.8 Å². The fourth-order valence-corrected chi connectivity index (χ4v) is 0.851. The van der Waals surface area contributed by atoms with E-state index in [1.807, 2.05) is 0 Å². The number of rotatable bonds is 1. The maximum atomic E-state index is 12.6. The number of nitrogens with two attached hydrogens (primary N) is 1. The molecule has 0 saturated heterocycles. The molecule has 1 nitrogen and oxygen atoms in total. The van der Waals surface area contributed by atoms with E-state index in [2.05, 4.69) is 5.92 Å². The Morgan fingerprint density at radius 3 is 2.08 bits per heavy atom. The van der Waals surface area contributed by atoms with Crippen LogP contribution < -0.4 is 5.73 Å². The maximum absolute atomic E-state index is 12.6. The zero-order valence-electron chi connectivity index (χ0n) is 6.52. The smallest absolute Gasteiger partial charge is 0.194 e. The lowest BCUT2D eigenvalue weighted by molar-refractivity contribution is 0.445. The third-order valence-electron chi connectivity index (χ3n) is 1.54. The molecule has 0 aromatic heterocycles. The van der Waals surface area contributed by atoms with Crippen molar-refractivity contribution in [2.24, 2.45) is 5.73 Å². The summed E-state index contributed by atoms with van der Waals surface area (Å²) in [6.07, 6.45) is 4.93. The molecule has 1 aromatic carbocycles. The summed E-state index contributed by atoms with van der Waals surface area (Å²) in [6.45, 7) is 0. The molecule has 0 amide bonds. The Labute approximate surface area is 73.4 Å². The molecule has 0 heterocycles. The van der Waals surface area contributed by atoms with Gasteiger partial charge in [-0.15, -0.1) is 6.42 Å². The van der Waals surface area contributed by atoms with Crippen molar-refractivity contribution in [2.45, 2.75) is 6.04 Å². The first-order chi connectivity index (χ1) is 6.06. The lowest BCUT2D eigenvalue weighted by Gasteiger charge is -2.05. The summed E-state index contributed by atoms with van der Waals surface area (Å²) in [6, 6.07) is 0.635. The molecule has 1 rings (SSSR count). The van der Waals surface area contributed by atoms with Crippen LogP contribution in [0.5, 0.6) is 0 Å². The summed E-state index contributed by atoms with van der Waals surface area (Å²) in [5.74, 6) is -2.03. The fraction of sp³-hybridized carbons (Fsp3) is 0.111. The predicted octanol–water partition coefficient (Wildman–Crippen LogP) is 1.74. The van der Waals surface area contributed by atoms with Gasteiger partial charge in [-0.2, -0.15) is 0 Å². The van der Waals surface area contributed by atoms with Crippen LogP contribution in [0.3, 0.4) is 0 Å². The minimum Gasteiger partial charge on any atom is -0.314 e. The second-order valence-electron chi connectivity index (χ2n) is 2.44. The van der Waals surface area contributed by atoms with Crippen molar-refractivity contribution in [3.8, 4) is 12.3 Å². The lowest BCUT2D eigenvalue weighted by Crippen LogP contribution is -2.09. The zero-order valence-corrected chi connectivity index (χ0v) is 6.52. The van der Waals surface area contributed by atoms with Crippen LogP contribution in [0.25, 0.3) is 0 Å². The monoisotopic (exact) mass is 185 g/mol. The molecule has 1 aromatic rings. The van der Waals surface area contributed by atoms with Crippen LogP contribution in [0.2, 0.25) is 0 Å². The Morgan fingerprint density at radius 1 is 1.23 bits per heavy atom. The van der Waals surface area contributed by atoms with Crippen molar-refractivity contribution in [2.75, 3.05) is 0 Å². The summed E-state index contributed by atoms with van der Waals surface area (Å²) in [5.41, 5.74) is 5.33. The average Bonchev–Trinajstić information content (AvgIpc) is 2.12. The molecule has 0 aliphatic rings.